The third kappa shape index (κ3) is 3.65. The second-order valence-corrected chi connectivity index (χ2v) is 6.57. The Labute approximate surface area is 164 Å². The largest absolute Gasteiger partial charge is 0.355 e. The Morgan fingerprint density at radius 2 is 1.14 bits per heavy atom. The van der Waals surface area contributed by atoms with Crippen molar-refractivity contribution in [3.05, 3.63) is 109 Å². The van der Waals surface area contributed by atoms with Crippen molar-refractivity contribution in [2.45, 2.75) is 6.42 Å². The molecule has 28 heavy (non-hydrogen) atoms. The summed E-state index contributed by atoms with van der Waals surface area (Å²) < 4.78 is 0. The molecule has 0 aliphatic carbocycles. The number of hydrogen-bond donors (Lipinski definition) is 1. The van der Waals surface area contributed by atoms with Crippen molar-refractivity contribution in [2.75, 3.05) is 0 Å². The van der Waals surface area contributed by atoms with E-state index >= 15 is 0 Å². The maximum absolute atomic E-state index is 8.74. The summed E-state index contributed by atoms with van der Waals surface area (Å²) in [6, 6.07) is 37.1. The van der Waals surface area contributed by atoms with E-state index in [0.717, 1.165) is 11.1 Å². The molecule has 0 bridgehead atoms. The van der Waals surface area contributed by atoms with Gasteiger partial charge in [-0.25, -0.2) is 0 Å². The topological polar surface area (TPSA) is 39.6 Å². The molecule has 0 unspecified atom stereocenters. The highest BCUT2D eigenvalue weighted by molar-refractivity contribution is 6.06. The Morgan fingerprint density at radius 3 is 1.79 bits per heavy atom. The van der Waals surface area contributed by atoms with Gasteiger partial charge in [-0.3, -0.25) is 0 Å². The molecule has 5 aromatic rings. The molecular formula is C26H20N2. The van der Waals surface area contributed by atoms with Gasteiger partial charge >= 0.3 is 0 Å². The Bertz CT molecular complexity index is 1190. The summed E-state index contributed by atoms with van der Waals surface area (Å²) in [4.78, 5) is 3.38. The summed E-state index contributed by atoms with van der Waals surface area (Å²) in [7, 11) is 0. The van der Waals surface area contributed by atoms with Gasteiger partial charge in [0.05, 0.1) is 12.5 Å². The number of H-pyrrole nitrogens is 1. The van der Waals surface area contributed by atoms with Crippen LogP contribution < -0.4 is 0 Å². The van der Waals surface area contributed by atoms with Gasteiger partial charge in [0, 0.05) is 21.8 Å². The lowest BCUT2D eigenvalue weighted by atomic mass is 9.98. The number of nitriles is 1. The van der Waals surface area contributed by atoms with Gasteiger partial charge in [-0.05, 0) is 28.8 Å². The first kappa shape index (κ1) is 17.6. The molecule has 0 aliphatic heterocycles. The van der Waals surface area contributed by atoms with Crippen LogP contribution in [0.2, 0.25) is 0 Å². The van der Waals surface area contributed by atoms with E-state index in [4.69, 9.17) is 5.26 Å². The van der Waals surface area contributed by atoms with Gasteiger partial charge in [0.25, 0.3) is 0 Å². The average Bonchev–Trinajstić information content (AvgIpc) is 3.14. The van der Waals surface area contributed by atoms with Crippen LogP contribution in [0.4, 0.5) is 0 Å². The lowest BCUT2D eigenvalue weighted by molar-refractivity contribution is 1.26. The molecule has 0 fully saturated rings. The fourth-order valence-electron chi connectivity index (χ4n) is 3.46. The predicted molar refractivity (Wildman–Crippen MR) is 117 cm³/mol. The van der Waals surface area contributed by atoms with E-state index in [0.29, 0.717) is 6.42 Å². The second kappa shape index (κ2) is 8.24. The number of nitrogens with zero attached hydrogens (tertiary/aromatic N) is 1. The number of para-hydroxylation sites is 2. The Kier molecular flexibility index (Phi) is 5.17. The maximum atomic E-state index is 8.74. The highest BCUT2D eigenvalue weighted by atomic mass is 14.7. The van der Waals surface area contributed by atoms with E-state index < -0.39 is 0 Å². The zero-order valence-corrected chi connectivity index (χ0v) is 15.5. The molecule has 5 rings (SSSR count). The van der Waals surface area contributed by atoms with Crippen LogP contribution >= 0.6 is 0 Å². The maximum Gasteiger partial charge on any atom is 0.0669 e. The lowest BCUT2D eigenvalue weighted by Crippen LogP contribution is -1.87. The standard InChI is InChI=1S/C14H11N.C12H9N/c15-11-10-13-8-4-5-9-14(13)12-6-2-1-3-7-12;1-3-7-11-9(5-1)10-6-2-4-8-12(10)13-11/h1-9H,10H2;1-8,13H. The van der Waals surface area contributed by atoms with Crippen molar-refractivity contribution >= 4 is 21.8 Å². The number of fused-ring (bicyclic) bond motifs is 3. The third-order valence-corrected chi connectivity index (χ3v) is 4.79. The smallest absolute Gasteiger partial charge is 0.0669 e. The third-order valence-electron chi connectivity index (χ3n) is 4.79. The summed E-state index contributed by atoms with van der Waals surface area (Å²) in [5.41, 5.74) is 5.83. The number of benzene rings is 4. The van der Waals surface area contributed by atoms with Gasteiger partial charge in [-0.2, -0.15) is 5.26 Å². The van der Waals surface area contributed by atoms with Crippen molar-refractivity contribution in [2.24, 2.45) is 0 Å². The number of aromatic nitrogens is 1. The molecule has 1 N–H and O–H groups in total. The highest BCUT2D eigenvalue weighted by Crippen LogP contribution is 2.24. The molecule has 0 spiro atoms. The molecule has 0 saturated heterocycles. The van der Waals surface area contributed by atoms with Crippen LogP contribution in [-0.2, 0) is 6.42 Å². The van der Waals surface area contributed by atoms with Crippen LogP contribution in [0, 0.1) is 11.3 Å². The molecular weight excluding hydrogens is 340 g/mol. The Balaban J connectivity index is 0.000000138. The van der Waals surface area contributed by atoms with Crippen molar-refractivity contribution in [1.29, 1.82) is 5.26 Å². The fraction of sp³-hybridized carbons (Fsp3) is 0.0385. The van der Waals surface area contributed by atoms with Crippen LogP contribution in [0.3, 0.4) is 0 Å². The minimum absolute atomic E-state index is 0.463. The van der Waals surface area contributed by atoms with Crippen molar-refractivity contribution in [3.63, 3.8) is 0 Å². The first-order valence-electron chi connectivity index (χ1n) is 9.32. The normalized spacial score (nSPS) is 10.2. The first-order valence-corrected chi connectivity index (χ1v) is 9.32. The number of aromatic amines is 1. The summed E-state index contributed by atoms with van der Waals surface area (Å²) in [5.74, 6) is 0. The molecule has 2 heteroatoms. The number of rotatable bonds is 2. The van der Waals surface area contributed by atoms with Gasteiger partial charge in [-0.1, -0.05) is 91.0 Å². The molecule has 0 amide bonds. The van der Waals surface area contributed by atoms with Gasteiger partial charge in [0.1, 0.15) is 0 Å². The molecule has 1 heterocycles. The minimum Gasteiger partial charge on any atom is -0.355 e. The molecule has 1 aromatic heterocycles. The van der Waals surface area contributed by atoms with Crippen LogP contribution in [0.5, 0.6) is 0 Å². The van der Waals surface area contributed by atoms with Crippen LogP contribution in [-0.4, -0.2) is 4.98 Å². The van der Waals surface area contributed by atoms with Crippen LogP contribution in [0.1, 0.15) is 5.56 Å². The van der Waals surface area contributed by atoms with E-state index in [1.165, 1.54) is 27.4 Å². The summed E-state index contributed by atoms with van der Waals surface area (Å²) in [6.45, 7) is 0. The van der Waals surface area contributed by atoms with E-state index in [-0.39, 0.29) is 0 Å². The summed E-state index contributed by atoms with van der Waals surface area (Å²) in [5, 5.41) is 11.3. The monoisotopic (exact) mass is 360 g/mol. The lowest BCUT2D eigenvalue weighted by Gasteiger charge is -2.05. The van der Waals surface area contributed by atoms with Crippen molar-refractivity contribution in [1.82, 2.24) is 4.98 Å². The second-order valence-electron chi connectivity index (χ2n) is 6.57. The number of hydrogen-bond acceptors (Lipinski definition) is 1. The quantitative estimate of drug-likeness (QED) is 0.372. The average molecular weight is 360 g/mol. The van der Waals surface area contributed by atoms with E-state index in [9.17, 15) is 0 Å². The molecule has 0 aliphatic rings. The van der Waals surface area contributed by atoms with Gasteiger partial charge in [0.2, 0.25) is 0 Å². The molecule has 134 valence electrons. The van der Waals surface area contributed by atoms with E-state index in [1.54, 1.807) is 0 Å². The molecule has 0 radical (unpaired) electrons. The Morgan fingerprint density at radius 1 is 0.607 bits per heavy atom. The zero-order chi connectivity index (χ0) is 19.2. The van der Waals surface area contributed by atoms with Crippen LogP contribution in [0.25, 0.3) is 32.9 Å². The number of nitrogens with one attached hydrogen (secondary N) is 1. The SMILES string of the molecule is N#CCc1ccccc1-c1ccccc1.c1ccc2c(c1)[nH]c1ccccc12. The van der Waals surface area contributed by atoms with E-state index in [1.807, 2.05) is 36.4 Å². The Hall–Kier alpha value is -3.83. The van der Waals surface area contributed by atoms with Gasteiger partial charge < -0.3 is 4.98 Å². The highest BCUT2D eigenvalue weighted by Gasteiger charge is 2.02. The predicted octanol–water partition coefficient (Wildman–Crippen LogP) is 6.74. The van der Waals surface area contributed by atoms with Crippen molar-refractivity contribution in [3.8, 4) is 17.2 Å². The van der Waals surface area contributed by atoms with Crippen molar-refractivity contribution < 1.29 is 0 Å². The molecule has 2 nitrogen and oxygen atoms in total. The minimum atomic E-state index is 0.463. The van der Waals surface area contributed by atoms with Gasteiger partial charge in [0.15, 0.2) is 0 Å². The molecule has 0 atom stereocenters. The molecule has 0 saturated carbocycles. The van der Waals surface area contributed by atoms with Crippen LogP contribution in [0.15, 0.2) is 103 Å². The fourth-order valence-corrected chi connectivity index (χ4v) is 3.46. The zero-order valence-electron chi connectivity index (χ0n) is 15.5. The molecule has 4 aromatic carbocycles. The summed E-state index contributed by atoms with van der Waals surface area (Å²) >= 11 is 0. The van der Waals surface area contributed by atoms with E-state index in [2.05, 4.69) is 77.8 Å². The summed E-state index contributed by atoms with van der Waals surface area (Å²) in [6.07, 6.45) is 0.463. The first-order chi connectivity index (χ1) is 13.9. The van der Waals surface area contributed by atoms with Gasteiger partial charge in [-0.15, -0.1) is 0 Å².